The number of hydrogen-bond acceptors (Lipinski definition) is 5. The smallest absolute Gasteiger partial charge is 0.290 e. The van der Waals surface area contributed by atoms with E-state index < -0.39 is 6.04 Å². The number of likely N-dealkylation sites (N-methyl/N-ethyl adjacent to an activating group) is 1. The summed E-state index contributed by atoms with van der Waals surface area (Å²) in [6, 6.07) is 10.9. The first-order valence-electron chi connectivity index (χ1n) is 11.7. The number of carbonyl (C=O) groups is 1. The monoisotopic (exact) mass is 448 g/mol. The third kappa shape index (κ3) is 4.15. The summed E-state index contributed by atoms with van der Waals surface area (Å²) in [6.45, 7) is 13.7. The summed E-state index contributed by atoms with van der Waals surface area (Å²) in [5.74, 6) is 0.694. The minimum atomic E-state index is -0.485. The quantitative estimate of drug-likeness (QED) is 0.500. The molecule has 0 bridgehead atoms. The van der Waals surface area contributed by atoms with Crippen molar-refractivity contribution in [2.45, 2.75) is 40.7 Å². The highest BCUT2D eigenvalue weighted by Crippen LogP contribution is 2.38. The Bertz CT molecular complexity index is 1230. The molecule has 0 saturated heterocycles. The van der Waals surface area contributed by atoms with E-state index in [0.29, 0.717) is 29.7 Å². The van der Waals surface area contributed by atoms with Crippen LogP contribution in [0.15, 0.2) is 45.6 Å². The molecule has 0 aliphatic carbocycles. The van der Waals surface area contributed by atoms with Crippen LogP contribution in [-0.2, 0) is 0 Å². The van der Waals surface area contributed by atoms with Crippen LogP contribution in [0.2, 0.25) is 0 Å². The van der Waals surface area contributed by atoms with Crippen LogP contribution in [0.3, 0.4) is 0 Å². The first kappa shape index (κ1) is 23.1. The van der Waals surface area contributed by atoms with E-state index in [-0.39, 0.29) is 17.1 Å². The summed E-state index contributed by atoms with van der Waals surface area (Å²) in [5.41, 5.74) is 3.69. The van der Waals surface area contributed by atoms with Crippen LogP contribution in [-0.4, -0.2) is 48.5 Å². The Balaban J connectivity index is 1.86. The van der Waals surface area contributed by atoms with Crippen molar-refractivity contribution in [3.05, 3.63) is 74.6 Å². The molecule has 4 rings (SSSR count). The minimum Gasteiger partial charge on any atom is -0.494 e. The number of fused-ring (bicyclic) bond motifs is 2. The van der Waals surface area contributed by atoms with Gasteiger partial charge in [-0.2, -0.15) is 0 Å². The standard InChI is InChI=1S/C27H32N2O4/c1-6-28(7-2)13-14-29-24(19-9-11-20(12-10-19)32-8-3)23-25(30)21-15-17(4)18(5)16-22(21)33-26(23)27(29)31/h9-12,15-16,24H,6-8,13-14H2,1-5H3/t24-/m0/s1. The second-order valence-corrected chi connectivity index (χ2v) is 8.54. The number of carbonyl (C=O) groups excluding carboxylic acids is 1. The first-order valence-corrected chi connectivity index (χ1v) is 11.7. The van der Waals surface area contributed by atoms with Crippen molar-refractivity contribution < 1.29 is 13.9 Å². The van der Waals surface area contributed by atoms with E-state index in [1.807, 2.05) is 57.2 Å². The predicted octanol–water partition coefficient (Wildman–Crippen LogP) is 4.70. The molecular weight excluding hydrogens is 416 g/mol. The highest BCUT2D eigenvalue weighted by Gasteiger charge is 2.42. The van der Waals surface area contributed by atoms with E-state index in [2.05, 4.69) is 18.7 Å². The number of rotatable bonds is 8. The molecule has 174 valence electrons. The lowest BCUT2D eigenvalue weighted by atomic mass is 9.97. The molecule has 0 spiro atoms. The molecule has 1 aliphatic heterocycles. The van der Waals surface area contributed by atoms with Gasteiger partial charge in [-0.1, -0.05) is 26.0 Å². The van der Waals surface area contributed by atoms with Crippen LogP contribution in [0.25, 0.3) is 11.0 Å². The van der Waals surface area contributed by atoms with E-state index >= 15 is 0 Å². The number of ether oxygens (including phenoxy) is 1. The second-order valence-electron chi connectivity index (χ2n) is 8.54. The van der Waals surface area contributed by atoms with Crippen molar-refractivity contribution in [3.8, 4) is 5.75 Å². The van der Waals surface area contributed by atoms with Gasteiger partial charge >= 0.3 is 0 Å². The van der Waals surface area contributed by atoms with Crippen molar-refractivity contribution in [3.63, 3.8) is 0 Å². The van der Waals surface area contributed by atoms with Crippen LogP contribution >= 0.6 is 0 Å². The van der Waals surface area contributed by atoms with Crippen molar-refractivity contribution in [2.24, 2.45) is 0 Å². The third-order valence-corrected chi connectivity index (χ3v) is 6.64. The SMILES string of the molecule is CCOc1ccc([C@H]2c3c(oc4cc(C)c(C)cc4c3=O)C(=O)N2CCN(CC)CC)cc1. The molecule has 3 aromatic rings. The average molecular weight is 449 g/mol. The molecular formula is C27H32N2O4. The number of benzene rings is 2. The Hall–Kier alpha value is -3.12. The normalized spacial score (nSPS) is 15.5. The van der Waals surface area contributed by atoms with Crippen LogP contribution < -0.4 is 10.2 Å². The molecule has 6 nitrogen and oxygen atoms in total. The predicted molar refractivity (Wildman–Crippen MR) is 130 cm³/mol. The Labute approximate surface area is 194 Å². The van der Waals surface area contributed by atoms with Crippen LogP contribution in [0.1, 0.15) is 59.6 Å². The van der Waals surface area contributed by atoms with Gasteiger partial charge in [-0.15, -0.1) is 0 Å². The lowest BCUT2D eigenvalue weighted by molar-refractivity contribution is 0.0708. The van der Waals surface area contributed by atoms with E-state index in [9.17, 15) is 9.59 Å². The van der Waals surface area contributed by atoms with Gasteiger partial charge in [-0.05, 0) is 74.8 Å². The van der Waals surface area contributed by atoms with Crippen molar-refractivity contribution in [2.75, 3.05) is 32.8 Å². The van der Waals surface area contributed by atoms with Gasteiger partial charge in [0.25, 0.3) is 5.91 Å². The Morgan fingerprint density at radius 1 is 1.00 bits per heavy atom. The highest BCUT2D eigenvalue weighted by molar-refractivity contribution is 5.99. The molecule has 1 atom stereocenters. The van der Waals surface area contributed by atoms with Crippen molar-refractivity contribution in [1.29, 1.82) is 0 Å². The average Bonchev–Trinajstić information content (AvgIpc) is 3.09. The second kappa shape index (κ2) is 9.40. The first-order chi connectivity index (χ1) is 15.9. The Morgan fingerprint density at radius 2 is 1.67 bits per heavy atom. The van der Waals surface area contributed by atoms with Crippen LogP contribution in [0.4, 0.5) is 0 Å². The number of hydrogen-bond donors (Lipinski definition) is 0. The topological polar surface area (TPSA) is 63.0 Å². The van der Waals surface area contributed by atoms with E-state index in [4.69, 9.17) is 9.15 Å². The fourth-order valence-corrected chi connectivity index (χ4v) is 4.55. The van der Waals surface area contributed by atoms with Gasteiger partial charge in [0.15, 0.2) is 5.43 Å². The highest BCUT2D eigenvalue weighted by atomic mass is 16.5. The maximum atomic E-state index is 13.7. The summed E-state index contributed by atoms with van der Waals surface area (Å²) in [7, 11) is 0. The van der Waals surface area contributed by atoms with Gasteiger partial charge < -0.3 is 19.0 Å². The lowest BCUT2D eigenvalue weighted by Crippen LogP contribution is -2.37. The molecule has 2 aromatic carbocycles. The summed E-state index contributed by atoms with van der Waals surface area (Å²) < 4.78 is 11.7. The molecule has 2 heterocycles. The van der Waals surface area contributed by atoms with Gasteiger partial charge in [-0.3, -0.25) is 9.59 Å². The maximum absolute atomic E-state index is 13.7. The molecule has 0 N–H and O–H groups in total. The van der Waals surface area contributed by atoms with Gasteiger partial charge in [0.2, 0.25) is 5.76 Å². The lowest BCUT2D eigenvalue weighted by Gasteiger charge is -2.28. The number of nitrogens with zero attached hydrogens (tertiary/aromatic N) is 2. The minimum absolute atomic E-state index is 0.132. The summed E-state index contributed by atoms with van der Waals surface area (Å²) in [5, 5.41) is 0.520. The summed E-state index contributed by atoms with van der Waals surface area (Å²) in [4.78, 5) is 31.3. The van der Waals surface area contributed by atoms with Gasteiger partial charge in [0.05, 0.1) is 23.6 Å². The number of amides is 1. The van der Waals surface area contributed by atoms with Crippen LogP contribution in [0, 0.1) is 13.8 Å². The Morgan fingerprint density at radius 3 is 2.30 bits per heavy atom. The van der Waals surface area contributed by atoms with E-state index in [1.54, 1.807) is 4.90 Å². The zero-order valence-corrected chi connectivity index (χ0v) is 20.1. The summed E-state index contributed by atoms with van der Waals surface area (Å²) >= 11 is 0. The molecule has 0 radical (unpaired) electrons. The fourth-order valence-electron chi connectivity index (χ4n) is 4.55. The Kier molecular flexibility index (Phi) is 6.56. The molecule has 1 amide bonds. The summed E-state index contributed by atoms with van der Waals surface area (Å²) in [6.07, 6.45) is 0. The van der Waals surface area contributed by atoms with Gasteiger partial charge in [0.1, 0.15) is 11.3 Å². The zero-order valence-electron chi connectivity index (χ0n) is 20.1. The van der Waals surface area contributed by atoms with E-state index in [0.717, 1.165) is 42.1 Å². The molecule has 1 aromatic heterocycles. The maximum Gasteiger partial charge on any atom is 0.290 e. The molecule has 6 heteroatoms. The fraction of sp³-hybridized carbons (Fsp3) is 0.407. The van der Waals surface area contributed by atoms with Crippen LogP contribution in [0.5, 0.6) is 5.75 Å². The largest absolute Gasteiger partial charge is 0.494 e. The molecule has 0 unspecified atom stereocenters. The van der Waals surface area contributed by atoms with Crippen molar-refractivity contribution >= 4 is 16.9 Å². The third-order valence-electron chi connectivity index (χ3n) is 6.64. The zero-order chi connectivity index (χ0) is 23.7. The number of aryl methyl sites for hydroxylation is 2. The van der Waals surface area contributed by atoms with Gasteiger partial charge in [-0.25, -0.2) is 0 Å². The molecule has 1 aliphatic rings. The molecule has 33 heavy (non-hydrogen) atoms. The molecule has 0 fully saturated rings. The van der Waals surface area contributed by atoms with E-state index in [1.165, 1.54) is 0 Å². The molecule has 0 saturated carbocycles. The van der Waals surface area contributed by atoms with Gasteiger partial charge in [0, 0.05) is 13.1 Å². The van der Waals surface area contributed by atoms with Crippen molar-refractivity contribution in [1.82, 2.24) is 9.80 Å².